The Morgan fingerprint density at radius 1 is 0.852 bits per heavy atom. The van der Waals surface area contributed by atoms with Gasteiger partial charge in [0.15, 0.2) is 5.78 Å². The summed E-state index contributed by atoms with van der Waals surface area (Å²) in [5.41, 5.74) is 2.69. The minimum atomic E-state index is -0.285. The van der Waals surface area contributed by atoms with Crippen molar-refractivity contribution in [1.29, 1.82) is 0 Å². The highest BCUT2D eigenvalue weighted by molar-refractivity contribution is 6.07. The lowest BCUT2D eigenvalue weighted by Crippen LogP contribution is -2.34. The smallest absolute Gasteiger partial charge is 0.319 e. The number of rotatable bonds is 6. The number of urea groups is 1. The Morgan fingerprint density at radius 2 is 1.41 bits per heavy atom. The first-order valence-corrected chi connectivity index (χ1v) is 8.61. The zero-order valence-corrected chi connectivity index (χ0v) is 15.6. The van der Waals surface area contributed by atoms with Crippen LogP contribution in [0.2, 0.25) is 0 Å². The van der Waals surface area contributed by atoms with E-state index in [4.69, 9.17) is 0 Å². The van der Waals surface area contributed by atoms with Crippen LogP contribution in [-0.4, -0.2) is 23.8 Å². The summed E-state index contributed by atoms with van der Waals surface area (Å²) in [5.74, 6) is -0.271. The molecule has 0 aliphatic rings. The second kappa shape index (κ2) is 9.33. The molecule has 3 N–H and O–H groups in total. The fourth-order valence-corrected chi connectivity index (χ4v) is 2.30. The second-order valence-electron chi connectivity index (χ2n) is 6.33. The molecular formula is C21H23N3O3. The molecule has 0 aromatic heterocycles. The lowest BCUT2D eigenvalue weighted by atomic mass is 10.1. The summed E-state index contributed by atoms with van der Waals surface area (Å²) in [6.07, 6.45) is 3.20. The highest BCUT2D eigenvalue weighted by Gasteiger charge is 2.05. The summed E-state index contributed by atoms with van der Waals surface area (Å²) < 4.78 is 0. The van der Waals surface area contributed by atoms with Crippen LogP contribution in [0.25, 0.3) is 6.08 Å². The van der Waals surface area contributed by atoms with Crippen LogP contribution in [0.3, 0.4) is 0 Å². The number of amides is 3. The van der Waals surface area contributed by atoms with Gasteiger partial charge in [-0.05, 0) is 61.9 Å². The Hall–Kier alpha value is -3.41. The molecule has 6 heteroatoms. The maximum Gasteiger partial charge on any atom is 0.319 e. The summed E-state index contributed by atoms with van der Waals surface area (Å²) in [5, 5.41) is 8.12. The van der Waals surface area contributed by atoms with Crippen molar-refractivity contribution in [2.75, 3.05) is 10.6 Å². The third-order valence-corrected chi connectivity index (χ3v) is 3.51. The number of hydrogen-bond acceptors (Lipinski definition) is 3. The van der Waals surface area contributed by atoms with Gasteiger partial charge >= 0.3 is 6.03 Å². The molecule has 0 aliphatic heterocycles. The lowest BCUT2D eigenvalue weighted by molar-refractivity contribution is -0.114. The van der Waals surface area contributed by atoms with E-state index in [1.54, 1.807) is 42.5 Å². The number of carbonyl (C=O) groups excluding carboxylic acids is 3. The molecule has 0 spiro atoms. The second-order valence-corrected chi connectivity index (χ2v) is 6.33. The van der Waals surface area contributed by atoms with Crippen LogP contribution in [0.15, 0.2) is 54.6 Å². The Kier molecular flexibility index (Phi) is 6.88. The third-order valence-electron chi connectivity index (χ3n) is 3.51. The molecule has 140 valence electrons. The van der Waals surface area contributed by atoms with Gasteiger partial charge in [0.1, 0.15) is 0 Å². The number of ketones is 1. The monoisotopic (exact) mass is 365 g/mol. The predicted octanol–water partition coefficient (Wildman–Crippen LogP) is 4.07. The van der Waals surface area contributed by atoms with Crippen LogP contribution in [-0.2, 0) is 4.79 Å². The Balaban J connectivity index is 1.96. The van der Waals surface area contributed by atoms with E-state index in [2.05, 4.69) is 16.0 Å². The van der Waals surface area contributed by atoms with Crippen LogP contribution >= 0.6 is 0 Å². The van der Waals surface area contributed by atoms with Gasteiger partial charge in [-0.15, -0.1) is 0 Å². The maximum atomic E-state index is 12.3. The van der Waals surface area contributed by atoms with Gasteiger partial charge in [0.25, 0.3) is 0 Å². The topological polar surface area (TPSA) is 87.3 Å². The van der Waals surface area contributed by atoms with E-state index >= 15 is 0 Å². The maximum absolute atomic E-state index is 12.3. The minimum absolute atomic E-state index is 0.0447. The van der Waals surface area contributed by atoms with E-state index < -0.39 is 0 Å². The predicted molar refractivity (Wildman–Crippen MR) is 108 cm³/mol. The quantitative estimate of drug-likeness (QED) is 0.533. The van der Waals surface area contributed by atoms with Gasteiger partial charge in [-0.1, -0.05) is 18.2 Å². The number of carbonyl (C=O) groups is 3. The molecule has 27 heavy (non-hydrogen) atoms. The van der Waals surface area contributed by atoms with Crippen molar-refractivity contribution in [3.63, 3.8) is 0 Å². The van der Waals surface area contributed by atoms with E-state index in [1.807, 2.05) is 26.0 Å². The summed E-state index contributed by atoms with van der Waals surface area (Å²) >= 11 is 0. The van der Waals surface area contributed by atoms with Gasteiger partial charge in [-0.25, -0.2) is 4.79 Å². The van der Waals surface area contributed by atoms with Crippen molar-refractivity contribution in [3.05, 3.63) is 65.7 Å². The van der Waals surface area contributed by atoms with Crippen molar-refractivity contribution in [2.45, 2.75) is 26.8 Å². The number of benzene rings is 2. The highest BCUT2D eigenvalue weighted by atomic mass is 16.2. The van der Waals surface area contributed by atoms with Crippen molar-refractivity contribution >= 4 is 35.2 Å². The standard InChI is InChI=1S/C21H23N3O3/c1-14(2)22-21(27)24-19-11-7-17(8-12-19)20(26)13-6-16-4-9-18(10-5-16)23-15(3)25/h4-14H,1-3H3,(H,23,25)(H2,22,24,27)/b13-6+. The molecule has 0 saturated carbocycles. The summed E-state index contributed by atoms with van der Waals surface area (Å²) in [7, 11) is 0. The van der Waals surface area contributed by atoms with Gasteiger partial charge in [-0.2, -0.15) is 0 Å². The first-order valence-electron chi connectivity index (χ1n) is 8.61. The average Bonchev–Trinajstić information content (AvgIpc) is 2.60. The molecule has 0 radical (unpaired) electrons. The first-order chi connectivity index (χ1) is 12.8. The lowest BCUT2D eigenvalue weighted by Gasteiger charge is -2.10. The van der Waals surface area contributed by atoms with Crippen LogP contribution in [0.5, 0.6) is 0 Å². The van der Waals surface area contributed by atoms with Gasteiger partial charge < -0.3 is 16.0 Å². The molecular weight excluding hydrogens is 342 g/mol. The molecule has 3 amide bonds. The first kappa shape index (κ1) is 19.9. The van der Waals surface area contributed by atoms with Crippen LogP contribution in [0.1, 0.15) is 36.7 Å². The molecule has 2 aromatic carbocycles. The molecule has 0 aliphatic carbocycles. The van der Waals surface area contributed by atoms with Crippen molar-refractivity contribution < 1.29 is 14.4 Å². The Bertz CT molecular complexity index is 838. The summed E-state index contributed by atoms with van der Waals surface area (Å²) in [4.78, 5) is 34.9. The third kappa shape index (κ3) is 6.78. The molecule has 6 nitrogen and oxygen atoms in total. The molecule has 0 atom stereocenters. The molecule has 0 heterocycles. The number of allylic oxidation sites excluding steroid dienone is 1. The van der Waals surface area contributed by atoms with Crippen molar-refractivity contribution in [3.8, 4) is 0 Å². The van der Waals surface area contributed by atoms with E-state index in [0.717, 1.165) is 5.56 Å². The molecule has 0 unspecified atom stereocenters. The molecule has 2 rings (SSSR count). The normalized spacial score (nSPS) is 10.7. The van der Waals surface area contributed by atoms with E-state index in [9.17, 15) is 14.4 Å². The molecule has 0 saturated heterocycles. The van der Waals surface area contributed by atoms with E-state index in [0.29, 0.717) is 16.9 Å². The molecule has 0 fully saturated rings. The van der Waals surface area contributed by atoms with Gasteiger partial charge in [0, 0.05) is 29.9 Å². The van der Waals surface area contributed by atoms with Crippen LogP contribution < -0.4 is 16.0 Å². The summed E-state index contributed by atoms with van der Waals surface area (Å²) in [6.45, 7) is 5.20. The minimum Gasteiger partial charge on any atom is -0.336 e. The SMILES string of the molecule is CC(=O)Nc1ccc(/C=C/C(=O)c2ccc(NC(=O)NC(C)C)cc2)cc1. The zero-order chi connectivity index (χ0) is 19.8. The Morgan fingerprint density at radius 3 is 1.96 bits per heavy atom. The van der Waals surface area contributed by atoms with Gasteiger partial charge in [0.05, 0.1) is 0 Å². The highest BCUT2D eigenvalue weighted by Crippen LogP contribution is 2.13. The van der Waals surface area contributed by atoms with Gasteiger partial charge in [0.2, 0.25) is 5.91 Å². The average molecular weight is 365 g/mol. The van der Waals surface area contributed by atoms with Gasteiger partial charge in [-0.3, -0.25) is 9.59 Å². The van der Waals surface area contributed by atoms with Crippen molar-refractivity contribution in [1.82, 2.24) is 5.32 Å². The fraction of sp³-hybridized carbons (Fsp3) is 0.190. The zero-order valence-electron chi connectivity index (χ0n) is 15.6. The Labute approximate surface area is 158 Å². The number of anilines is 2. The van der Waals surface area contributed by atoms with Crippen LogP contribution in [0.4, 0.5) is 16.2 Å². The van der Waals surface area contributed by atoms with Crippen molar-refractivity contribution in [2.24, 2.45) is 0 Å². The number of nitrogens with one attached hydrogen (secondary N) is 3. The van der Waals surface area contributed by atoms with E-state index in [-0.39, 0.29) is 23.8 Å². The molecule has 2 aromatic rings. The molecule has 0 bridgehead atoms. The fourth-order valence-electron chi connectivity index (χ4n) is 2.30. The summed E-state index contributed by atoms with van der Waals surface area (Å²) in [6, 6.07) is 13.6. The number of hydrogen-bond donors (Lipinski definition) is 3. The van der Waals surface area contributed by atoms with E-state index in [1.165, 1.54) is 13.0 Å². The largest absolute Gasteiger partial charge is 0.336 e. The van der Waals surface area contributed by atoms with Crippen LogP contribution in [0, 0.1) is 0 Å².